The third kappa shape index (κ3) is 3.04. The van der Waals surface area contributed by atoms with Crippen molar-refractivity contribution in [2.45, 2.75) is 39.3 Å². The van der Waals surface area contributed by atoms with E-state index < -0.39 is 0 Å². The molecular formula is C14H22N4O. The maximum absolute atomic E-state index is 5.19. The first-order valence-corrected chi connectivity index (χ1v) is 6.74. The topological polar surface area (TPSA) is 52.0 Å². The molecule has 0 aliphatic heterocycles. The predicted molar refractivity (Wildman–Crippen MR) is 77.5 cm³/mol. The number of hydrogen-bond donors (Lipinski definition) is 1. The third-order valence-electron chi connectivity index (χ3n) is 3.15. The van der Waals surface area contributed by atoms with Crippen LogP contribution in [0.15, 0.2) is 18.5 Å². The highest BCUT2D eigenvalue weighted by molar-refractivity contribution is 5.78. The summed E-state index contributed by atoms with van der Waals surface area (Å²) < 4.78 is 7.13. The molecule has 0 aliphatic rings. The predicted octanol–water partition coefficient (Wildman–Crippen LogP) is 2.85. The first-order valence-electron chi connectivity index (χ1n) is 6.74. The summed E-state index contributed by atoms with van der Waals surface area (Å²) in [6, 6.07) is 2.72. The molecule has 0 amide bonds. The third-order valence-corrected chi connectivity index (χ3v) is 3.15. The monoisotopic (exact) mass is 262 g/mol. The lowest BCUT2D eigenvalue weighted by molar-refractivity contribution is 0.184. The molecule has 0 saturated carbocycles. The molecule has 104 valence electrons. The molecule has 0 saturated heterocycles. The molecule has 0 bridgehead atoms. The van der Waals surface area contributed by atoms with Gasteiger partial charge in [-0.05, 0) is 26.3 Å². The molecule has 0 radical (unpaired) electrons. The quantitative estimate of drug-likeness (QED) is 0.869. The molecule has 2 aromatic rings. The van der Waals surface area contributed by atoms with Gasteiger partial charge in [0.25, 0.3) is 0 Å². The van der Waals surface area contributed by atoms with E-state index >= 15 is 0 Å². The number of pyridine rings is 1. The van der Waals surface area contributed by atoms with Gasteiger partial charge in [-0.1, -0.05) is 6.92 Å². The Bertz CT molecular complexity index is 535. The zero-order valence-electron chi connectivity index (χ0n) is 12.1. The molecule has 2 heterocycles. The highest BCUT2D eigenvalue weighted by atomic mass is 16.5. The zero-order valence-corrected chi connectivity index (χ0v) is 12.1. The summed E-state index contributed by atoms with van der Waals surface area (Å²) in [7, 11) is 1.72. The number of anilines is 1. The molecule has 5 heteroatoms. The zero-order chi connectivity index (χ0) is 13.8. The number of rotatable bonds is 6. The molecule has 0 aromatic carbocycles. The number of aromatic nitrogens is 3. The molecule has 2 aromatic heterocycles. The Balaban J connectivity index is 2.22. The number of ether oxygens (including phenoxy) is 1. The fourth-order valence-electron chi connectivity index (χ4n) is 2.10. The van der Waals surface area contributed by atoms with Gasteiger partial charge in [0.15, 0.2) is 5.65 Å². The minimum absolute atomic E-state index is 0.310. The van der Waals surface area contributed by atoms with Crippen molar-refractivity contribution in [2.75, 3.05) is 19.0 Å². The van der Waals surface area contributed by atoms with E-state index in [0.717, 1.165) is 23.1 Å². The van der Waals surface area contributed by atoms with Gasteiger partial charge < -0.3 is 10.1 Å². The molecule has 19 heavy (non-hydrogen) atoms. The highest BCUT2D eigenvalue weighted by Crippen LogP contribution is 2.19. The highest BCUT2D eigenvalue weighted by Gasteiger charge is 2.10. The second kappa shape index (κ2) is 6.02. The maximum Gasteiger partial charge on any atom is 0.158 e. The Hall–Kier alpha value is -1.62. The van der Waals surface area contributed by atoms with Crippen LogP contribution in [0.25, 0.3) is 11.0 Å². The lowest BCUT2D eigenvalue weighted by Crippen LogP contribution is -2.23. The Kier molecular flexibility index (Phi) is 4.37. The second-order valence-corrected chi connectivity index (χ2v) is 5.02. The van der Waals surface area contributed by atoms with Gasteiger partial charge in [-0.3, -0.25) is 0 Å². The van der Waals surface area contributed by atoms with Crippen LogP contribution in [0.5, 0.6) is 0 Å². The van der Waals surface area contributed by atoms with Gasteiger partial charge in [0.1, 0.15) is 0 Å². The van der Waals surface area contributed by atoms with E-state index in [1.165, 1.54) is 0 Å². The molecule has 5 nitrogen and oxygen atoms in total. The SMILES string of the molecule is CCC(COC)Nc1cnc2c(cnn2C(C)C)c1. The average molecular weight is 262 g/mol. The average Bonchev–Trinajstić information content (AvgIpc) is 2.81. The van der Waals surface area contributed by atoms with Crippen molar-refractivity contribution in [2.24, 2.45) is 0 Å². The van der Waals surface area contributed by atoms with Gasteiger partial charge in [-0.15, -0.1) is 0 Å². The van der Waals surface area contributed by atoms with Crippen LogP contribution in [0.3, 0.4) is 0 Å². The summed E-state index contributed by atoms with van der Waals surface area (Å²) in [5, 5.41) is 8.87. The van der Waals surface area contributed by atoms with Gasteiger partial charge in [0.05, 0.1) is 24.7 Å². The molecule has 1 atom stereocenters. The fraction of sp³-hybridized carbons (Fsp3) is 0.571. The van der Waals surface area contributed by atoms with E-state index in [1.807, 2.05) is 17.1 Å². The van der Waals surface area contributed by atoms with E-state index in [1.54, 1.807) is 7.11 Å². The van der Waals surface area contributed by atoms with Crippen LogP contribution >= 0.6 is 0 Å². The van der Waals surface area contributed by atoms with Crippen LogP contribution in [0.4, 0.5) is 5.69 Å². The Morgan fingerprint density at radius 3 is 2.79 bits per heavy atom. The first-order chi connectivity index (χ1) is 9.15. The van der Waals surface area contributed by atoms with Crippen LogP contribution in [0.1, 0.15) is 33.2 Å². The normalized spacial score (nSPS) is 13.1. The lowest BCUT2D eigenvalue weighted by atomic mass is 10.2. The molecule has 0 aliphatic carbocycles. The lowest BCUT2D eigenvalue weighted by Gasteiger charge is -2.17. The van der Waals surface area contributed by atoms with Crippen LogP contribution in [0.2, 0.25) is 0 Å². The van der Waals surface area contributed by atoms with Crippen molar-refractivity contribution in [1.29, 1.82) is 0 Å². The van der Waals surface area contributed by atoms with Crippen molar-refractivity contribution in [3.05, 3.63) is 18.5 Å². The van der Waals surface area contributed by atoms with E-state index in [0.29, 0.717) is 18.7 Å². The van der Waals surface area contributed by atoms with E-state index in [4.69, 9.17) is 4.74 Å². The summed E-state index contributed by atoms with van der Waals surface area (Å²) >= 11 is 0. The maximum atomic E-state index is 5.19. The summed E-state index contributed by atoms with van der Waals surface area (Å²) in [4.78, 5) is 4.51. The van der Waals surface area contributed by atoms with Crippen molar-refractivity contribution in [1.82, 2.24) is 14.8 Å². The van der Waals surface area contributed by atoms with Crippen molar-refractivity contribution in [3.8, 4) is 0 Å². The number of methoxy groups -OCH3 is 1. The molecule has 1 unspecified atom stereocenters. The van der Waals surface area contributed by atoms with E-state index in [9.17, 15) is 0 Å². The van der Waals surface area contributed by atoms with Crippen LogP contribution in [-0.4, -0.2) is 34.5 Å². The number of hydrogen-bond acceptors (Lipinski definition) is 4. The van der Waals surface area contributed by atoms with Gasteiger partial charge in [0.2, 0.25) is 0 Å². The number of fused-ring (bicyclic) bond motifs is 1. The summed E-state index contributed by atoms with van der Waals surface area (Å²) in [5.41, 5.74) is 1.94. The second-order valence-electron chi connectivity index (χ2n) is 5.02. The smallest absolute Gasteiger partial charge is 0.158 e. The van der Waals surface area contributed by atoms with Gasteiger partial charge in [-0.25, -0.2) is 9.67 Å². The summed E-state index contributed by atoms with van der Waals surface area (Å²) in [6.45, 7) is 7.04. The van der Waals surface area contributed by atoms with Gasteiger partial charge >= 0.3 is 0 Å². The minimum atomic E-state index is 0.310. The van der Waals surface area contributed by atoms with Crippen LogP contribution < -0.4 is 5.32 Å². The number of nitrogens with one attached hydrogen (secondary N) is 1. The standard InChI is InChI=1S/C14H22N4O/c1-5-12(9-19-4)17-13-6-11-7-16-18(10(2)3)14(11)15-8-13/h6-8,10,12,17H,5,9H2,1-4H3. The Morgan fingerprint density at radius 2 is 2.16 bits per heavy atom. The molecular weight excluding hydrogens is 240 g/mol. The molecule has 2 rings (SSSR count). The van der Waals surface area contributed by atoms with Crippen LogP contribution in [0, 0.1) is 0 Å². The van der Waals surface area contributed by atoms with Crippen molar-refractivity contribution in [3.63, 3.8) is 0 Å². The Morgan fingerprint density at radius 1 is 1.37 bits per heavy atom. The van der Waals surface area contributed by atoms with Gasteiger partial charge in [0, 0.05) is 24.6 Å². The molecule has 0 fully saturated rings. The Labute approximate surface area is 114 Å². The summed E-state index contributed by atoms with van der Waals surface area (Å²) in [5.74, 6) is 0. The molecule has 0 spiro atoms. The van der Waals surface area contributed by atoms with Crippen LogP contribution in [-0.2, 0) is 4.74 Å². The van der Waals surface area contributed by atoms with E-state index in [-0.39, 0.29) is 0 Å². The van der Waals surface area contributed by atoms with Crippen molar-refractivity contribution >= 4 is 16.7 Å². The minimum Gasteiger partial charge on any atom is -0.383 e. The molecule has 1 N–H and O–H groups in total. The fourth-order valence-corrected chi connectivity index (χ4v) is 2.10. The summed E-state index contributed by atoms with van der Waals surface area (Å²) in [6.07, 6.45) is 4.74. The van der Waals surface area contributed by atoms with Gasteiger partial charge in [-0.2, -0.15) is 5.10 Å². The first kappa shape index (κ1) is 13.8. The largest absolute Gasteiger partial charge is 0.383 e. The number of nitrogens with zero attached hydrogens (tertiary/aromatic N) is 3. The van der Waals surface area contributed by atoms with E-state index in [2.05, 4.69) is 42.2 Å². The van der Waals surface area contributed by atoms with Crippen molar-refractivity contribution < 1.29 is 4.74 Å².